The van der Waals surface area contributed by atoms with Crippen LogP contribution in [0, 0.1) is 6.92 Å². The van der Waals surface area contributed by atoms with Gasteiger partial charge >= 0.3 is 6.09 Å². The number of benzene rings is 1. The van der Waals surface area contributed by atoms with Crippen LogP contribution < -0.4 is 0 Å². The maximum Gasteiger partial charge on any atom is 0.410 e. The first-order valence-electron chi connectivity index (χ1n) is 7.85. The maximum atomic E-state index is 12.2. The van der Waals surface area contributed by atoms with Crippen molar-refractivity contribution in [2.45, 2.75) is 46.4 Å². The van der Waals surface area contributed by atoms with E-state index in [1.165, 1.54) is 11.1 Å². The first-order valence-corrected chi connectivity index (χ1v) is 7.85. The number of nitrogens with zero attached hydrogens (tertiary/aromatic N) is 2. The molecule has 0 N–H and O–H groups in total. The van der Waals surface area contributed by atoms with Crippen molar-refractivity contribution in [1.82, 2.24) is 9.88 Å². The van der Waals surface area contributed by atoms with Crippen molar-refractivity contribution < 1.29 is 9.53 Å². The molecule has 0 bridgehead atoms. The number of amides is 1. The van der Waals surface area contributed by atoms with Crippen LogP contribution in [0.1, 0.15) is 37.6 Å². The Bertz CT molecular complexity index is 747. The zero-order valence-corrected chi connectivity index (χ0v) is 14.1. The summed E-state index contributed by atoms with van der Waals surface area (Å²) in [5.41, 5.74) is 5.17. The summed E-state index contributed by atoms with van der Waals surface area (Å²) in [4.78, 5) is 18.3. The molecule has 1 amide bonds. The van der Waals surface area contributed by atoms with Gasteiger partial charge in [0.1, 0.15) is 5.60 Å². The van der Waals surface area contributed by atoms with Gasteiger partial charge < -0.3 is 4.74 Å². The molecule has 1 aromatic carbocycles. The van der Waals surface area contributed by atoms with Gasteiger partial charge in [-0.25, -0.2) is 4.79 Å². The van der Waals surface area contributed by atoms with Crippen molar-refractivity contribution in [3.05, 3.63) is 53.3 Å². The van der Waals surface area contributed by atoms with E-state index in [-0.39, 0.29) is 6.09 Å². The number of aryl methyl sites for hydroxylation is 1. The van der Waals surface area contributed by atoms with Gasteiger partial charge in [-0.1, -0.05) is 18.2 Å². The Kier molecular flexibility index (Phi) is 3.84. The van der Waals surface area contributed by atoms with E-state index >= 15 is 0 Å². The lowest BCUT2D eigenvalue weighted by molar-refractivity contribution is 0.0242. The van der Waals surface area contributed by atoms with Gasteiger partial charge in [-0.2, -0.15) is 0 Å². The van der Waals surface area contributed by atoms with Crippen molar-refractivity contribution in [3.8, 4) is 11.1 Å². The summed E-state index contributed by atoms with van der Waals surface area (Å²) in [6.45, 7) is 8.87. The second-order valence-electron chi connectivity index (χ2n) is 6.96. The van der Waals surface area contributed by atoms with E-state index in [1.54, 1.807) is 11.1 Å². The molecule has 120 valence electrons. The number of ether oxygens (including phenoxy) is 1. The smallest absolute Gasteiger partial charge is 0.410 e. The summed E-state index contributed by atoms with van der Waals surface area (Å²) in [7, 11) is 0. The van der Waals surface area contributed by atoms with Crippen LogP contribution in [0.5, 0.6) is 0 Å². The largest absolute Gasteiger partial charge is 0.444 e. The minimum atomic E-state index is -0.468. The van der Waals surface area contributed by atoms with Gasteiger partial charge in [0.15, 0.2) is 0 Å². The van der Waals surface area contributed by atoms with Gasteiger partial charge in [0.25, 0.3) is 0 Å². The van der Waals surface area contributed by atoms with E-state index in [1.807, 2.05) is 33.8 Å². The number of hydrogen-bond donors (Lipinski definition) is 0. The lowest BCUT2D eigenvalue weighted by atomic mass is 10.00. The molecule has 0 aliphatic carbocycles. The monoisotopic (exact) mass is 310 g/mol. The average Bonchev–Trinajstić information content (AvgIpc) is 2.89. The summed E-state index contributed by atoms with van der Waals surface area (Å²) in [6, 6.07) is 10.4. The standard InChI is InChI=1S/C19H22N2O2/c1-13-17(6-5-9-20-13)14-7-8-15-11-21(12-16(15)10-14)18(22)23-19(2,3)4/h5-10H,11-12H2,1-4H3. The Morgan fingerprint density at radius 2 is 1.91 bits per heavy atom. The fourth-order valence-electron chi connectivity index (χ4n) is 2.81. The summed E-state index contributed by atoms with van der Waals surface area (Å²) in [5, 5.41) is 0. The summed E-state index contributed by atoms with van der Waals surface area (Å²) in [6.07, 6.45) is 1.55. The molecule has 1 aromatic heterocycles. The van der Waals surface area contributed by atoms with E-state index in [9.17, 15) is 4.79 Å². The third kappa shape index (κ3) is 3.36. The second kappa shape index (κ2) is 5.69. The number of rotatable bonds is 1. The van der Waals surface area contributed by atoms with Gasteiger partial charge in [-0.05, 0) is 56.5 Å². The van der Waals surface area contributed by atoms with E-state index in [0.717, 1.165) is 16.8 Å². The Morgan fingerprint density at radius 1 is 1.17 bits per heavy atom. The van der Waals surface area contributed by atoms with Gasteiger partial charge in [-0.3, -0.25) is 9.88 Å². The molecule has 0 fully saturated rings. The summed E-state index contributed by atoms with van der Waals surface area (Å²) < 4.78 is 5.46. The number of fused-ring (bicyclic) bond motifs is 1. The van der Waals surface area contributed by atoms with Gasteiger partial charge in [-0.15, -0.1) is 0 Å². The zero-order valence-electron chi connectivity index (χ0n) is 14.1. The van der Waals surface area contributed by atoms with Crippen LogP contribution in [0.25, 0.3) is 11.1 Å². The molecule has 0 atom stereocenters. The Labute approximate surface area is 137 Å². The molecule has 0 spiro atoms. The fourth-order valence-corrected chi connectivity index (χ4v) is 2.81. The molecule has 0 saturated heterocycles. The molecule has 0 saturated carbocycles. The maximum absolute atomic E-state index is 12.2. The van der Waals surface area contributed by atoms with Gasteiger partial charge in [0.05, 0.1) is 0 Å². The predicted molar refractivity (Wildman–Crippen MR) is 89.9 cm³/mol. The lowest BCUT2D eigenvalue weighted by Gasteiger charge is -2.24. The highest BCUT2D eigenvalue weighted by molar-refractivity contribution is 5.71. The van der Waals surface area contributed by atoms with E-state index in [4.69, 9.17) is 4.74 Å². The number of carbonyl (C=O) groups excluding carboxylic acids is 1. The van der Waals surface area contributed by atoms with Crippen LogP contribution in [0.4, 0.5) is 4.79 Å². The highest BCUT2D eigenvalue weighted by atomic mass is 16.6. The SMILES string of the molecule is Cc1ncccc1-c1ccc2c(c1)CN(C(=O)OC(C)(C)C)C2. The van der Waals surface area contributed by atoms with Crippen molar-refractivity contribution in [1.29, 1.82) is 0 Å². The molecule has 3 rings (SSSR count). The molecule has 1 aliphatic rings. The fraction of sp³-hybridized carbons (Fsp3) is 0.368. The highest BCUT2D eigenvalue weighted by Gasteiger charge is 2.27. The van der Waals surface area contributed by atoms with Crippen LogP contribution in [0.15, 0.2) is 36.5 Å². The zero-order chi connectivity index (χ0) is 16.6. The van der Waals surface area contributed by atoms with E-state index in [0.29, 0.717) is 13.1 Å². The molecule has 0 radical (unpaired) electrons. The molecule has 4 nitrogen and oxygen atoms in total. The minimum Gasteiger partial charge on any atom is -0.444 e. The van der Waals surface area contributed by atoms with Crippen molar-refractivity contribution in [2.75, 3.05) is 0 Å². The number of carbonyl (C=O) groups is 1. The Hall–Kier alpha value is -2.36. The molecule has 4 heteroatoms. The normalized spacial score (nSPS) is 13.8. The van der Waals surface area contributed by atoms with Crippen molar-refractivity contribution >= 4 is 6.09 Å². The molecule has 2 heterocycles. The number of aromatic nitrogens is 1. The third-order valence-electron chi connectivity index (χ3n) is 3.90. The topological polar surface area (TPSA) is 42.4 Å². The quantitative estimate of drug-likeness (QED) is 0.788. The summed E-state index contributed by atoms with van der Waals surface area (Å²) in [5.74, 6) is 0. The first kappa shape index (κ1) is 15.5. The first-order chi connectivity index (χ1) is 10.8. The van der Waals surface area contributed by atoms with Gasteiger partial charge in [0, 0.05) is 30.5 Å². The minimum absolute atomic E-state index is 0.257. The molecule has 2 aromatic rings. The molecule has 23 heavy (non-hydrogen) atoms. The Balaban J connectivity index is 1.82. The number of hydrogen-bond acceptors (Lipinski definition) is 3. The second-order valence-corrected chi connectivity index (χ2v) is 6.96. The average molecular weight is 310 g/mol. The summed E-state index contributed by atoms with van der Waals surface area (Å²) >= 11 is 0. The van der Waals surface area contributed by atoms with Crippen LogP contribution in [0.2, 0.25) is 0 Å². The predicted octanol–water partition coefficient (Wildman–Crippen LogP) is 4.31. The highest BCUT2D eigenvalue weighted by Crippen LogP contribution is 2.30. The van der Waals surface area contributed by atoms with Crippen LogP contribution in [-0.2, 0) is 17.8 Å². The van der Waals surface area contributed by atoms with Crippen LogP contribution in [-0.4, -0.2) is 21.6 Å². The molecular weight excluding hydrogens is 288 g/mol. The number of pyridine rings is 1. The van der Waals surface area contributed by atoms with Crippen molar-refractivity contribution in [2.24, 2.45) is 0 Å². The molecular formula is C19H22N2O2. The van der Waals surface area contributed by atoms with Crippen LogP contribution in [0.3, 0.4) is 0 Å². The van der Waals surface area contributed by atoms with E-state index < -0.39 is 5.60 Å². The molecule has 1 aliphatic heterocycles. The molecule has 0 unspecified atom stereocenters. The lowest BCUT2D eigenvalue weighted by Crippen LogP contribution is -2.33. The van der Waals surface area contributed by atoms with Crippen molar-refractivity contribution in [3.63, 3.8) is 0 Å². The Morgan fingerprint density at radius 3 is 2.61 bits per heavy atom. The van der Waals surface area contributed by atoms with Crippen LogP contribution >= 0.6 is 0 Å². The van der Waals surface area contributed by atoms with Gasteiger partial charge in [0.2, 0.25) is 0 Å². The van der Waals surface area contributed by atoms with E-state index in [2.05, 4.69) is 29.2 Å². The third-order valence-corrected chi connectivity index (χ3v) is 3.90.